The van der Waals surface area contributed by atoms with Crippen LogP contribution >= 0.6 is 0 Å². The fourth-order valence-electron chi connectivity index (χ4n) is 2.81. The Hall–Kier alpha value is -1.35. The third-order valence-corrected chi connectivity index (χ3v) is 4.19. The van der Waals surface area contributed by atoms with Crippen LogP contribution in [0.4, 0.5) is 0 Å². The fourth-order valence-corrected chi connectivity index (χ4v) is 2.81. The van der Waals surface area contributed by atoms with Crippen molar-refractivity contribution in [2.24, 2.45) is 5.41 Å². The number of esters is 1. The van der Waals surface area contributed by atoms with E-state index in [0.717, 1.165) is 24.8 Å². The highest BCUT2D eigenvalue weighted by molar-refractivity contribution is 5.77. The molecule has 110 valence electrons. The van der Waals surface area contributed by atoms with Gasteiger partial charge in [0, 0.05) is 0 Å². The van der Waals surface area contributed by atoms with Crippen molar-refractivity contribution in [3.8, 4) is 0 Å². The summed E-state index contributed by atoms with van der Waals surface area (Å²) in [4.78, 5) is 12.1. The van der Waals surface area contributed by atoms with E-state index in [1.165, 1.54) is 5.56 Å². The van der Waals surface area contributed by atoms with Gasteiger partial charge < -0.3 is 9.47 Å². The van der Waals surface area contributed by atoms with Crippen molar-refractivity contribution < 1.29 is 14.3 Å². The highest BCUT2D eigenvalue weighted by Crippen LogP contribution is 2.41. The summed E-state index contributed by atoms with van der Waals surface area (Å²) in [7, 11) is 0. The molecular weight excluding hydrogens is 252 g/mol. The largest absolute Gasteiger partial charge is 0.465 e. The van der Waals surface area contributed by atoms with Gasteiger partial charge in [0.05, 0.1) is 24.7 Å². The van der Waals surface area contributed by atoms with Crippen molar-refractivity contribution in [1.82, 2.24) is 0 Å². The number of hydrogen-bond donors (Lipinski definition) is 0. The Labute approximate surface area is 121 Å². The van der Waals surface area contributed by atoms with E-state index >= 15 is 0 Å². The van der Waals surface area contributed by atoms with E-state index in [-0.39, 0.29) is 12.1 Å². The van der Waals surface area contributed by atoms with Crippen molar-refractivity contribution in [3.05, 3.63) is 35.4 Å². The molecule has 3 heteroatoms. The molecule has 1 aliphatic rings. The zero-order chi connectivity index (χ0) is 14.6. The van der Waals surface area contributed by atoms with Crippen LogP contribution in [0.3, 0.4) is 0 Å². The summed E-state index contributed by atoms with van der Waals surface area (Å²) in [5.41, 5.74) is 1.90. The van der Waals surface area contributed by atoms with Crippen LogP contribution in [0, 0.1) is 12.3 Å². The van der Waals surface area contributed by atoms with Gasteiger partial charge in [-0.15, -0.1) is 0 Å². The summed E-state index contributed by atoms with van der Waals surface area (Å²) >= 11 is 0. The molecule has 2 atom stereocenters. The molecule has 0 aromatic heterocycles. The maximum absolute atomic E-state index is 12.1. The highest BCUT2D eigenvalue weighted by Gasteiger charge is 2.47. The van der Waals surface area contributed by atoms with Crippen LogP contribution in [0.5, 0.6) is 0 Å². The SMILES string of the molecule is CCOC(=O)C1(C)CCCC1OCc1ccc(C)cc1. The Morgan fingerprint density at radius 2 is 2.05 bits per heavy atom. The van der Waals surface area contributed by atoms with Gasteiger partial charge in [-0.3, -0.25) is 4.79 Å². The molecule has 1 aromatic rings. The quantitative estimate of drug-likeness (QED) is 0.770. The molecule has 0 heterocycles. The smallest absolute Gasteiger partial charge is 0.314 e. The molecule has 1 aromatic carbocycles. The maximum Gasteiger partial charge on any atom is 0.314 e. The first-order valence-electron chi connectivity index (χ1n) is 7.40. The number of aryl methyl sites for hydroxylation is 1. The molecule has 0 aliphatic heterocycles. The zero-order valence-corrected chi connectivity index (χ0v) is 12.6. The number of rotatable bonds is 5. The highest BCUT2D eigenvalue weighted by atomic mass is 16.5. The van der Waals surface area contributed by atoms with Gasteiger partial charge in [0.15, 0.2) is 0 Å². The van der Waals surface area contributed by atoms with E-state index in [2.05, 4.69) is 31.2 Å². The number of benzene rings is 1. The van der Waals surface area contributed by atoms with Gasteiger partial charge in [0.2, 0.25) is 0 Å². The average molecular weight is 276 g/mol. The lowest BCUT2D eigenvalue weighted by molar-refractivity contribution is -0.162. The average Bonchev–Trinajstić information content (AvgIpc) is 2.81. The van der Waals surface area contributed by atoms with Gasteiger partial charge in [0.25, 0.3) is 0 Å². The first-order chi connectivity index (χ1) is 9.56. The molecule has 0 N–H and O–H groups in total. The van der Waals surface area contributed by atoms with Crippen LogP contribution < -0.4 is 0 Å². The van der Waals surface area contributed by atoms with Gasteiger partial charge in [0.1, 0.15) is 0 Å². The van der Waals surface area contributed by atoms with Gasteiger partial charge in [-0.1, -0.05) is 29.8 Å². The van der Waals surface area contributed by atoms with Crippen molar-refractivity contribution in [3.63, 3.8) is 0 Å². The van der Waals surface area contributed by atoms with E-state index < -0.39 is 5.41 Å². The van der Waals surface area contributed by atoms with Crippen molar-refractivity contribution in [2.45, 2.75) is 52.7 Å². The predicted octanol–water partition coefficient (Wildman–Crippen LogP) is 3.63. The minimum Gasteiger partial charge on any atom is -0.465 e. The first kappa shape index (κ1) is 15.0. The maximum atomic E-state index is 12.1. The van der Waals surface area contributed by atoms with Crippen molar-refractivity contribution >= 4 is 5.97 Å². The predicted molar refractivity (Wildman–Crippen MR) is 78.3 cm³/mol. The van der Waals surface area contributed by atoms with Crippen molar-refractivity contribution in [2.75, 3.05) is 6.61 Å². The number of ether oxygens (including phenoxy) is 2. The molecule has 2 unspecified atom stereocenters. The monoisotopic (exact) mass is 276 g/mol. The molecular formula is C17H24O3. The number of carbonyl (C=O) groups excluding carboxylic acids is 1. The molecule has 1 fully saturated rings. The van der Waals surface area contributed by atoms with E-state index in [9.17, 15) is 4.79 Å². The van der Waals surface area contributed by atoms with E-state index in [4.69, 9.17) is 9.47 Å². The lowest BCUT2D eigenvalue weighted by Crippen LogP contribution is -2.38. The van der Waals surface area contributed by atoms with Crippen LogP contribution in [-0.2, 0) is 20.9 Å². The van der Waals surface area contributed by atoms with Crippen LogP contribution in [0.25, 0.3) is 0 Å². The summed E-state index contributed by atoms with van der Waals surface area (Å²) in [6, 6.07) is 8.31. The van der Waals surface area contributed by atoms with Gasteiger partial charge >= 0.3 is 5.97 Å². The Morgan fingerprint density at radius 1 is 1.35 bits per heavy atom. The first-order valence-corrected chi connectivity index (χ1v) is 7.40. The Balaban J connectivity index is 1.97. The molecule has 0 spiro atoms. The van der Waals surface area contributed by atoms with E-state index in [0.29, 0.717) is 13.2 Å². The lowest BCUT2D eigenvalue weighted by Gasteiger charge is -2.29. The third-order valence-electron chi connectivity index (χ3n) is 4.19. The summed E-state index contributed by atoms with van der Waals surface area (Å²) in [6.07, 6.45) is 2.77. The molecule has 20 heavy (non-hydrogen) atoms. The van der Waals surface area contributed by atoms with Gasteiger partial charge in [-0.25, -0.2) is 0 Å². The van der Waals surface area contributed by atoms with Crippen molar-refractivity contribution in [1.29, 1.82) is 0 Å². The molecule has 1 aliphatic carbocycles. The molecule has 2 rings (SSSR count). The fraction of sp³-hybridized carbons (Fsp3) is 0.588. The Bertz CT molecular complexity index is 452. The molecule has 3 nitrogen and oxygen atoms in total. The number of carbonyl (C=O) groups is 1. The molecule has 0 bridgehead atoms. The summed E-state index contributed by atoms with van der Waals surface area (Å²) < 4.78 is 11.2. The zero-order valence-electron chi connectivity index (χ0n) is 12.6. The van der Waals surface area contributed by atoms with Crippen LogP contribution in [0.2, 0.25) is 0 Å². The van der Waals surface area contributed by atoms with Crippen LogP contribution in [-0.4, -0.2) is 18.7 Å². The van der Waals surface area contributed by atoms with Gasteiger partial charge in [-0.05, 0) is 45.6 Å². The van der Waals surface area contributed by atoms with E-state index in [1.807, 2.05) is 13.8 Å². The Morgan fingerprint density at radius 3 is 2.70 bits per heavy atom. The summed E-state index contributed by atoms with van der Waals surface area (Å²) in [6.45, 7) is 6.87. The Kier molecular flexibility index (Phi) is 4.81. The minimum absolute atomic E-state index is 0.0390. The number of hydrogen-bond acceptors (Lipinski definition) is 3. The second-order valence-corrected chi connectivity index (χ2v) is 5.82. The molecule has 0 amide bonds. The second kappa shape index (κ2) is 6.40. The summed E-state index contributed by atoms with van der Waals surface area (Å²) in [5.74, 6) is -0.119. The third kappa shape index (κ3) is 3.21. The van der Waals surface area contributed by atoms with Crippen LogP contribution in [0.1, 0.15) is 44.2 Å². The molecule has 0 saturated heterocycles. The normalized spacial score (nSPS) is 25.6. The van der Waals surface area contributed by atoms with E-state index in [1.54, 1.807) is 0 Å². The molecule has 0 radical (unpaired) electrons. The van der Waals surface area contributed by atoms with Gasteiger partial charge in [-0.2, -0.15) is 0 Å². The second-order valence-electron chi connectivity index (χ2n) is 5.82. The standard InChI is InChI=1S/C17H24O3/c1-4-19-16(18)17(3)11-5-6-15(17)20-12-14-9-7-13(2)8-10-14/h7-10,15H,4-6,11-12H2,1-3H3. The molecule has 1 saturated carbocycles. The summed E-state index contributed by atoms with van der Waals surface area (Å²) in [5, 5.41) is 0. The minimum atomic E-state index is -0.485. The lowest BCUT2D eigenvalue weighted by atomic mass is 9.86. The van der Waals surface area contributed by atoms with Crippen LogP contribution in [0.15, 0.2) is 24.3 Å². The topological polar surface area (TPSA) is 35.5 Å².